The van der Waals surface area contributed by atoms with Gasteiger partial charge in [0.15, 0.2) is 11.5 Å². The second kappa shape index (κ2) is 8.98. The fourth-order valence-electron chi connectivity index (χ4n) is 2.62. The zero-order valence-electron chi connectivity index (χ0n) is 15.6. The summed E-state index contributed by atoms with van der Waals surface area (Å²) in [4.78, 5) is 4.71. The van der Waals surface area contributed by atoms with Gasteiger partial charge in [-0.1, -0.05) is 33.8 Å². The van der Waals surface area contributed by atoms with Crippen molar-refractivity contribution < 1.29 is 13.9 Å². The lowest BCUT2D eigenvalue weighted by atomic mass is 10.2. The summed E-state index contributed by atoms with van der Waals surface area (Å²) < 4.78 is 17.4. The molecule has 4 aromatic rings. The Hall–Kier alpha value is -2.36. The Bertz CT molecular complexity index is 1130. The summed E-state index contributed by atoms with van der Waals surface area (Å²) in [6.07, 6.45) is 0. The Morgan fingerprint density at radius 3 is 2.69 bits per heavy atom. The number of nitrogens with zero attached hydrogens (tertiary/aromatic N) is 3. The summed E-state index contributed by atoms with van der Waals surface area (Å²) in [5, 5.41) is 11.7. The molecule has 0 aliphatic carbocycles. The predicted octanol–water partition coefficient (Wildman–Crippen LogP) is 5.93. The maximum absolute atomic E-state index is 5.76. The summed E-state index contributed by atoms with van der Waals surface area (Å²) >= 11 is 6.49. The second-order valence-electron chi connectivity index (χ2n) is 5.89. The molecule has 2 aromatic heterocycles. The van der Waals surface area contributed by atoms with Gasteiger partial charge in [0.25, 0.3) is 5.22 Å². The minimum atomic E-state index is 0.498. The first kappa shape index (κ1) is 19.9. The van der Waals surface area contributed by atoms with E-state index in [0.29, 0.717) is 28.4 Å². The summed E-state index contributed by atoms with van der Waals surface area (Å²) in [5.74, 6) is 2.52. The van der Waals surface area contributed by atoms with Gasteiger partial charge >= 0.3 is 0 Å². The number of benzene rings is 2. The van der Waals surface area contributed by atoms with E-state index in [1.54, 1.807) is 25.6 Å². The van der Waals surface area contributed by atoms with Crippen LogP contribution >= 0.6 is 39.0 Å². The highest BCUT2D eigenvalue weighted by atomic mass is 79.9. The van der Waals surface area contributed by atoms with Crippen LogP contribution in [-0.4, -0.2) is 29.4 Å². The molecular weight excluding hydrogens is 474 g/mol. The largest absolute Gasteiger partial charge is 0.493 e. The van der Waals surface area contributed by atoms with Crippen molar-refractivity contribution in [2.45, 2.75) is 11.0 Å². The van der Waals surface area contributed by atoms with Crippen molar-refractivity contribution in [3.8, 4) is 33.5 Å². The molecule has 0 bridgehead atoms. The topological polar surface area (TPSA) is 70.3 Å². The molecule has 0 unspecified atom stereocenters. The molecule has 0 amide bonds. The molecule has 0 radical (unpaired) electrons. The second-order valence-corrected chi connectivity index (χ2v) is 8.59. The number of hydrogen-bond acceptors (Lipinski definition) is 8. The van der Waals surface area contributed by atoms with Crippen LogP contribution in [0.15, 0.2) is 62.0 Å². The van der Waals surface area contributed by atoms with Crippen LogP contribution in [0.1, 0.15) is 5.69 Å². The average Bonchev–Trinajstić information content (AvgIpc) is 3.41. The van der Waals surface area contributed by atoms with Crippen LogP contribution in [0.4, 0.5) is 0 Å². The van der Waals surface area contributed by atoms with Crippen LogP contribution in [0, 0.1) is 0 Å². The van der Waals surface area contributed by atoms with Gasteiger partial charge in [-0.15, -0.1) is 21.5 Å². The molecule has 0 aliphatic heterocycles. The van der Waals surface area contributed by atoms with Gasteiger partial charge in [-0.3, -0.25) is 0 Å². The smallest absolute Gasteiger partial charge is 0.277 e. The highest BCUT2D eigenvalue weighted by Crippen LogP contribution is 2.34. The fraction of sp³-hybridized carbons (Fsp3) is 0.150. The highest BCUT2D eigenvalue weighted by molar-refractivity contribution is 9.10. The van der Waals surface area contributed by atoms with E-state index in [2.05, 4.69) is 26.1 Å². The van der Waals surface area contributed by atoms with Gasteiger partial charge in [0.05, 0.1) is 19.9 Å². The summed E-state index contributed by atoms with van der Waals surface area (Å²) in [6.45, 7) is 0. The maximum atomic E-state index is 5.76. The van der Waals surface area contributed by atoms with Crippen molar-refractivity contribution in [3.63, 3.8) is 0 Å². The number of thiazole rings is 1. The van der Waals surface area contributed by atoms with Crippen LogP contribution in [0.2, 0.25) is 0 Å². The molecule has 2 aromatic carbocycles. The summed E-state index contributed by atoms with van der Waals surface area (Å²) in [5.41, 5.74) is 2.81. The zero-order valence-corrected chi connectivity index (χ0v) is 18.8. The molecule has 0 atom stereocenters. The van der Waals surface area contributed by atoms with Crippen molar-refractivity contribution in [1.82, 2.24) is 15.2 Å². The molecule has 148 valence electrons. The van der Waals surface area contributed by atoms with Crippen LogP contribution in [0.5, 0.6) is 11.5 Å². The number of methoxy groups -OCH3 is 2. The lowest BCUT2D eigenvalue weighted by Crippen LogP contribution is -1.90. The standard InChI is InChI=1S/C20H16BrN3O3S2/c1-25-16-7-6-13(9-17(16)26-2)19-22-15(10-28-19)11-29-20-24-23-18(27-20)12-4-3-5-14(21)8-12/h3-10H,11H2,1-2H3. The van der Waals surface area contributed by atoms with Crippen LogP contribution in [0.3, 0.4) is 0 Å². The number of aromatic nitrogens is 3. The van der Waals surface area contributed by atoms with E-state index in [1.807, 2.05) is 47.8 Å². The molecule has 0 saturated carbocycles. The third kappa shape index (κ3) is 4.63. The Morgan fingerprint density at radius 1 is 1.03 bits per heavy atom. The Morgan fingerprint density at radius 2 is 1.90 bits per heavy atom. The number of hydrogen-bond donors (Lipinski definition) is 0. The Labute approximate surface area is 184 Å². The van der Waals surface area contributed by atoms with Gasteiger partial charge in [0.2, 0.25) is 5.89 Å². The average molecular weight is 490 g/mol. The number of ether oxygens (including phenoxy) is 2. The Balaban J connectivity index is 1.44. The molecule has 9 heteroatoms. The van der Waals surface area contributed by atoms with Crippen molar-refractivity contribution in [2.75, 3.05) is 14.2 Å². The van der Waals surface area contributed by atoms with Crippen molar-refractivity contribution in [1.29, 1.82) is 0 Å². The quantitative estimate of drug-likeness (QED) is 0.297. The molecule has 0 fully saturated rings. The predicted molar refractivity (Wildman–Crippen MR) is 118 cm³/mol. The van der Waals surface area contributed by atoms with Crippen molar-refractivity contribution in [2.24, 2.45) is 0 Å². The van der Waals surface area contributed by atoms with Crippen LogP contribution in [-0.2, 0) is 5.75 Å². The van der Waals surface area contributed by atoms with Gasteiger partial charge in [0.1, 0.15) is 5.01 Å². The van der Waals surface area contributed by atoms with E-state index in [9.17, 15) is 0 Å². The minimum Gasteiger partial charge on any atom is -0.493 e. The molecule has 0 saturated heterocycles. The first-order valence-corrected chi connectivity index (χ1v) is 11.2. The lowest BCUT2D eigenvalue weighted by molar-refractivity contribution is 0.355. The first-order chi connectivity index (χ1) is 14.2. The van der Waals surface area contributed by atoms with Crippen LogP contribution < -0.4 is 9.47 Å². The Kier molecular flexibility index (Phi) is 6.17. The minimum absolute atomic E-state index is 0.498. The van der Waals surface area contributed by atoms with Gasteiger partial charge < -0.3 is 13.9 Å². The number of rotatable bonds is 7. The van der Waals surface area contributed by atoms with E-state index >= 15 is 0 Å². The molecule has 2 heterocycles. The first-order valence-electron chi connectivity index (χ1n) is 8.55. The number of thioether (sulfide) groups is 1. The van der Waals surface area contributed by atoms with Crippen LogP contribution in [0.25, 0.3) is 22.0 Å². The normalized spacial score (nSPS) is 10.9. The molecule has 0 N–H and O–H groups in total. The van der Waals surface area contributed by atoms with E-state index < -0.39 is 0 Å². The summed E-state index contributed by atoms with van der Waals surface area (Å²) in [7, 11) is 3.24. The maximum Gasteiger partial charge on any atom is 0.277 e. The molecule has 6 nitrogen and oxygen atoms in total. The molecular formula is C20H16BrN3O3S2. The lowest BCUT2D eigenvalue weighted by Gasteiger charge is -2.08. The third-order valence-electron chi connectivity index (χ3n) is 4.00. The van der Waals surface area contributed by atoms with Crippen molar-refractivity contribution in [3.05, 3.63) is 58.0 Å². The van der Waals surface area contributed by atoms with Crippen molar-refractivity contribution >= 4 is 39.0 Å². The van der Waals surface area contributed by atoms with E-state index in [0.717, 1.165) is 26.3 Å². The van der Waals surface area contributed by atoms with Gasteiger partial charge in [-0.05, 0) is 36.4 Å². The highest BCUT2D eigenvalue weighted by Gasteiger charge is 2.12. The molecule has 4 rings (SSSR count). The molecule has 0 spiro atoms. The van der Waals surface area contributed by atoms with Gasteiger partial charge in [-0.2, -0.15) is 0 Å². The monoisotopic (exact) mass is 489 g/mol. The number of halogens is 1. The SMILES string of the molecule is COc1ccc(-c2nc(CSc3nnc(-c4cccc(Br)c4)o3)cs2)cc1OC. The molecule has 29 heavy (non-hydrogen) atoms. The van der Waals surface area contributed by atoms with Gasteiger partial charge in [0, 0.05) is 26.7 Å². The van der Waals surface area contributed by atoms with E-state index in [4.69, 9.17) is 18.9 Å². The van der Waals surface area contributed by atoms with E-state index in [-0.39, 0.29) is 0 Å². The van der Waals surface area contributed by atoms with Gasteiger partial charge in [-0.25, -0.2) is 4.98 Å². The molecule has 0 aliphatic rings. The summed E-state index contributed by atoms with van der Waals surface area (Å²) in [6, 6.07) is 13.5. The van der Waals surface area contributed by atoms with E-state index in [1.165, 1.54) is 11.8 Å². The fourth-order valence-corrected chi connectivity index (χ4v) is 4.59. The third-order valence-corrected chi connectivity index (χ3v) is 6.29. The zero-order chi connectivity index (χ0) is 20.2.